The molecule has 0 radical (unpaired) electrons. The van der Waals surface area contributed by atoms with Crippen LogP contribution in [0.1, 0.15) is 0 Å². The van der Waals surface area contributed by atoms with Crippen molar-refractivity contribution in [3.63, 3.8) is 0 Å². The van der Waals surface area contributed by atoms with E-state index in [0.29, 0.717) is 17.5 Å². The summed E-state index contributed by atoms with van der Waals surface area (Å²) in [6.45, 7) is 0. The molecule has 0 N–H and O–H groups in total. The molecule has 322 valence electrons. The van der Waals surface area contributed by atoms with E-state index in [-0.39, 0.29) is 0 Å². The molecular formula is C65H42N4. The largest absolute Gasteiger partial charge is 0.309 e. The number of nitrogens with zero attached hydrogens (tertiary/aromatic N) is 4. The third kappa shape index (κ3) is 7.32. The fraction of sp³-hybridized carbons (Fsp3) is 0. The van der Waals surface area contributed by atoms with Crippen LogP contribution in [0.3, 0.4) is 0 Å². The van der Waals surface area contributed by atoms with Crippen LogP contribution in [0.2, 0.25) is 0 Å². The number of aromatic nitrogens is 4. The van der Waals surface area contributed by atoms with Gasteiger partial charge in [-0.3, -0.25) is 0 Å². The molecule has 0 aliphatic heterocycles. The molecule has 0 bridgehead atoms. The van der Waals surface area contributed by atoms with Crippen molar-refractivity contribution in [1.82, 2.24) is 19.5 Å². The van der Waals surface area contributed by atoms with Crippen molar-refractivity contribution in [2.24, 2.45) is 0 Å². The Labute approximate surface area is 400 Å². The highest BCUT2D eigenvalue weighted by molar-refractivity contribution is 6.12. The fourth-order valence-corrected chi connectivity index (χ4v) is 10.0. The lowest BCUT2D eigenvalue weighted by Gasteiger charge is -2.13. The molecule has 4 heteroatoms. The van der Waals surface area contributed by atoms with Gasteiger partial charge in [0.05, 0.1) is 11.0 Å². The van der Waals surface area contributed by atoms with Gasteiger partial charge >= 0.3 is 0 Å². The summed E-state index contributed by atoms with van der Waals surface area (Å²) in [4.78, 5) is 15.6. The number of hydrogen-bond donors (Lipinski definition) is 0. The molecule has 0 fully saturated rings. The molecular weight excluding hydrogens is 837 g/mol. The minimum Gasteiger partial charge on any atom is -0.309 e. The summed E-state index contributed by atoms with van der Waals surface area (Å²) >= 11 is 0. The summed E-state index contributed by atoms with van der Waals surface area (Å²) in [5, 5.41) is 7.42. The second kappa shape index (κ2) is 16.9. The zero-order chi connectivity index (χ0) is 45.7. The van der Waals surface area contributed by atoms with Crippen LogP contribution in [0.4, 0.5) is 0 Å². The van der Waals surface area contributed by atoms with Gasteiger partial charge in [0.15, 0.2) is 17.5 Å². The van der Waals surface area contributed by atoms with Crippen LogP contribution in [0.25, 0.3) is 128 Å². The van der Waals surface area contributed by atoms with Crippen LogP contribution in [-0.4, -0.2) is 19.5 Å². The smallest absolute Gasteiger partial charge is 0.164 e. The quantitative estimate of drug-likeness (QED) is 0.143. The molecule has 0 aliphatic rings. The third-order valence-corrected chi connectivity index (χ3v) is 13.5. The minimum atomic E-state index is 0.613. The first-order valence-electron chi connectivity index (χ1n) is 23.4. The van der Waals surface area contributed by atoms with E-state index in [0.717, 1.165) is 50.2 Å². The Hall–Kier alpha value is -9.25. The Bertz CT molecular complexity index is 4000. The number of fused-ring (bicyclic) bond motifs is 6. The Morgan fingerprint density at radius 1 is 0.232 bits per heavy atom. The molecule has 4 nitrogen and oxygen atoms in total. The van der Waals surface area contributed by atoms with Gasteiger partial charge in [0.25, 0.3) is 0 Å². The maximum Gasteiger partial charge on any atom is 0.164 e. The standard InChI is InChI=1S/C65H42N4/c1-2-14-43(15-3-1)49-17-10-18-50(40-49)44-30-34-47(35-31-44)63-66-64(68-65(67-63)53-21-11-20-52(41-53)56-26-13-27-57-55-23-5-4-16-46(55)38-39-58(56)57)48-36-32-45(33-37-48)51-19-12-22-54(42-51)69-61-28-8-6-24-59(61)60-25-7-9-29-62(60)69/h1-42H. The van der Waals surface area contributed by atoms with E-state index in [1.165, 1.54) is 60.0 Å². The van der Waals surface area contributed by atoms with E-state index in [1.54, 1.807) is 0 Å². The molecule has 0 aliphatic carbocycles. The predicted molar refractivity (Wildman–Crippen MR) is 287 cm³/mol. The van der Waals surface area contributed by atoms with Crippen LogP contribution in [-0.2, 0) is 0 Å². The number of benzene rings is 11. The number of para-hydroxylation sites is 2. The maximum absolute atomic E-state index is 5.22. The average Bonchev–Trinajstić information content (AvgIpc) is 3.77. The molecule has 0 spiro atoms. The van der Waals surface area contributed by atoms with Crippen LogP contribution < -0.4 is 0 Å². The summed E-state index contributed by atoms with van der Waals surface area (Å²) < 4.78 is 2.36. The van der Waals surface area contributed by atoms with Crippen molar-refractivity contribution >= 4 is 43.4 Å². The fourth-order valence-electron chi connectivity index (χ4n) is 10.0. The first-order chi connectivity index (χ1) is 34.2. The van der Waals surface area contributed by atoms with Crippen molar-refractivity contribution in [2.45, 2.75) is 0 Å². The van der Waals surface area contributed by atoms with Gasteiger partial charge in [-0.05, 0) is 102 Å². The van der Waals surface area contributed by atoms with Crippen molar-refractivity contribution in [2.75, 3.05) is 0 Å². The second-order valence-electron chi connectivity index (χ2n) is 17.6. The topological polar surface area (TPSA) is 43.6 Å². The normalized spacial score (nSPS) is 11.5. The minimum absolute atomic E-state index is 0.613. The Morgan fingerprint density at radius 2 is 0.667 bits per heavy atom. The maximum atomic E-state index is 5.22. The summed E-state index contributed by atoms with van der Waals surface area (Å²) in [5.41, 5.74) is 15.4. The van der Waals surface area contributed by atoms with E-state index >= 15 is 0 Å². The molecule has 0 atom stereocenters. The van der Waals surface area contributed by atoms with Crippen molar-refractivity contribution in [1.29, 1.82) is 0 Å². The van der Waals surface area contributed by atoms with Gasteiger partial charge in [-0.1, -0.05) is 218 Å². The molecule has 0 saturated heterocycles. The van der Waals surface area contributed by atoms with Crippen LogP contribution in [0.15, 0.2) is 255 Å². The molecule has 2 aromatic heterocycles. The first-order valence-corrected chi connectivity index (χ1v) is 23.4. The van der Waals surface area contributed by atoms with Crippen LogP contribution in [0.5, 0.6) is 0 Å². The molecule has 13 rings (SSSR count). The van der Waals surface area contributed by atoms with E-state index in [2.05, 4.69) is 259 Å². The lowest BCUT2D eigenvalue weighted by Crippen LogP contribution is -2.00. The molecule has 0 unspecified atom stereocenters. The van der Waals surface area contributed by atoms with E-state index in [9.17, 15) is 0 Å². The highest BCUT2D eigenvalue weighted by atomic mass is 15.0. The number of hydrogen-bond acceptors (Lipinski definition) is 3. The van der Waals surface area contributed by atoms with Crippen LogP contribution in [0, 0.1) is 0 Å². The zero-order valence-electron chi connectivity index (χ0n) is 37.5. The van der Waals surface area contributed by atoms with Crippen molar-refractivity contribution < 1.29 is 0 Å². The highest BCUT2D eigenvalue weighted by Crippen LogP contribution is 2.37. The summed E-state index contributed by atoms with van der Waals surface area (Å²) in [6, 6.07) is 90.7. The summed E-state index contributed by atoms with van der Waals surface area (Å²) in [7, 11) is 0. The Morgan fingerprint density at radius 3 is 1.32 bits per heavy atom. The molecule has 2 heterocycles. The predicted octanol–water partition coefficient (Wildman–Crippen LogP) is 16.9. The zero-order valence-corrected chi connectivity index (χ0v) is 37.5. The first kappa shape index (κ1) is 40.1. The van der Waals surface area contributed by atoms with E-state index in [1.807, 2.05) is 0 Å². The number of rotatable bonds is 8. The van der Waals surface area contributed by atoms with Gasteiger partial charge in [0.1, 0.15) is 0 Å². The third-order valence-electron chi connectivity index (χ3n) is 13.5. The van der Waals surface area contributed by atoms with Gasteiger partial charge in [-0.25, -0.2) is 15.0 Å². The van der Waals surface area contributed by atoms with Crippen molar-refractivity contribution in [3.8, 4) is 84.4 Å². The average molecular weight is 879 g/mol. The molecule has 69 heavy (non-hydrogen) atoms. The monoisotopic (exact) mass is 878 g/mol. The molecule has 11 aromatic carbocycles. The summed E-state index contributed by atoms with van der Waals surface area (Å²) in [6.07, 6.45) is 0. The van der Waals surface area contributed by atoms with Crippen LogP contribution >= 0.6 is 0 Å². The molecule has 13 aromatic rings. The van der Waals surface area contributed by atoms with E-state index < -0.39 is 0 Å². The van der Waals surface area contributed by atoms with Gasteiger partial charge < -0.3 is 4.57 Å². The summed E-state index contributed by atoms with van der Waals surface area (Å²) in [5.74, 6) is 1.84. The second-order valence-corrected chi connectivity index (χ2v) is 17.6. The van der Waals surface area contributed by atoms with Gasteiger partial charge in [0.2, 0.25) is 0 Å². The lowest BCUT2D eigenvalue weighted by molar-refractivity contribution is 1.07. The highest BCUT2D eigenvalue weighted by Gasteiger charge is 2.16. The molecule has 0 amide bonds. The Kier molecular flexibility index (Phi) is 9.80. The van der Waals surface area contributed by atoms with Gasteiger partial charge in [-0.2, -0.15) is 0 Å². The lowest BCUT2D eigenvalue weighted by atomic mass is 9.94. The van der Waals surface area contributed by atoms with Gasteiger partial charge in [-0.15, -0.1) is 0 Å². The van der Waals surface area contributed by atoms with Gasteiger partial charge in [0, 0.05) is 33.2 Å². The SMILES string of the molecule is c1ccc(-c2cccc(-c3ccc(-c4nc(-c5ccc(-c6cccc(-n7c8ccccc8c8ccccc87)c6)cc5)nc(-c5cccc(-c6cccc7c6ccc6ccccc67)c5)n4)cc3)c2)cc1. The van der Waals surface area contributed by atoms with E-state index in [4.69, 9.17) is 15.0 Å². The molecule has 0 saturated carbocycles. The Balaban J connectivity index is 0.891. The van der Waals surface area contributed by atoms with Crippen molar-refractivity contribution in [3.05, 3.63) is 255 Å².